The number of halogens is 1. The van der Waals surface area contributed by atoms with E-state index in [-0.39, 0.29) is 35.2 Å². The monoisotopic (exact) mass is 486 g/mol. The van der Waals surface area contributed by atoms with Crippen molar-refractivity contribution in [2.24, 2.45) is 5.73 Å². The van der Waals surface area contributed by atoms with Crippen LogP contribution in [-0.2, 0) is 14.3 Å². The lowest BCUT2D eigenvalue weighted by molar-refractivity contribution is -0.138. The predicted octanol–water partition coefficient (Wildman–Crippen LogP) is 2.93. The smallest absolute Gasteiger partial charge is 0.336 e. The molecule has 0 bridgehead atoms. The number of esters is 1. The Kier molecular flexibility index (Phi) is 6.41. The van der Waals surface area contributed by atoms with Crippen LogP contribution in [0.4, 0.5) is 11.6 Å². The van der Waals surface area contributed by atoms with Gasteiger partial charge in [0, 0.05) is 17.1 Å². The molecule has 0 saturated heterocycles. The number of nitrogens with two attached hydrogens (primary N) is 1. The van der Waals surface area contributed by atoms with E-state index in [2.05, 4.69) is 37.6 Å². The summed E-state index contributed by atoms with van der Waals surface area (Å²) in [7, 11) is 0. The summed E-state index contributed by atoms with van der Waals surface area (Å²) in [6, 6.07) is 9.31. The van der Waals surface area contributed by atoms with Gasteiger partial charge in [-0.25, -0.2) is 9.42 Å². The van der Waals surface area contributed by atoms with Crippen LogP contribution < -0.4 is 16.0 Å². The topological polar surface area (TPSA) is 147 Å². The van der Waals surface area contributed by atoms with E-state index in [9.17, 15) is 14.9 Å². The number of nitrogens with zero attached hydrogens (tertiary/aromatic N) is 4. The number of hydrogen-bond acceptors (Lipinski definition) is 9. The lowest BCUT2D eigenvalue weighted by atomic mass is 9.81. The molecular weight excluding hydrogens is 468 g/mol. The van der Waals surface area contributed by atoms with Gasteiger partial charge in [-0.1, -0.05) is 28.1 Å². The molecule has 1 aromatic heterocycles. The summed E-state index contributed by atoms with van der Waals surface area (Å²) >= 11 is 3.38. The van der Waals surface area contributed by atoms with Crippen LogP contribution in [0.5, 0.6) is 0 Å². The van der Waals surface area contributed by atoms with Gasteiger partial charge in [-0.3, -0.25) is 9.69 Å². The van der Waals surface area contributed by atoms with E-state index in [1.54, 1.807) is 38.1 Å². The molecule has 0 saturated carbocycles. The van der Waals surface area contributed by atoms with Crippen molar-refractivity contribution in [1.29, 1.82) is 5.26 Å². The standard InChI is InChI=1S/C20H19BrN6O4/c1-4-30-20(29)15-10(2)27(19-18(24-11(3)28)25-31-26-19)17(23)14(9-22)16(15)12-5-7-13(21)8-6-12/h5-8,16H,4,23H2,1-3H3,(H,24,25,28)/t16-/m1/s1. The average Bonchev–Trinajstić information content (AvgIpc) is 3.15. The van der Waals surface area contributed by atoms with Gasteiger partial charge in [0.15, 0.2) is 0 Å². The highest BCUT2D eigenvalue weighted by Gasteiger charge is 2.40. The number of rotatable bonds is 5. The fourth-order valence-electron chi connectivity index (χ4n) is 3.36. The number of nitriles is 1. The van der Waals surface area contributed by atoms with Crippen LogP contribution in [0.15, 0.2) is 56.0 Å². The third-order valence-electron chi connectivity index (χ3n) is 4.62. The van der Waals surface area contributed by atoms with Crippen LogP contribution in [0.25, 0.3) is 0 Å². The van der Waals surface area contributed by atoms with Crippen molar-refractivity contribution in [3.05, 3.63) is 57.0 Å². The Morgan fingerprint density at radius 3 is 2.61 bits per heavy atom. The van der Waals surface area contributed by atoms with Crippen molar-refractivity contribution in [3.63, 3.8) is 0 Å². The van der Waals surface area contributed by atoms with Crippen molar-refractivity contribution in [1.82, 2.24) is 10.3 Å². The van der Waals surface area contributed by atoms with E-state index in [0.717, 1.165) is 4.47 Å². The Morgan fingerprint density at radius 2 is 2.03 bits per heavy atom. The fraction of sp³-hybridized carbons (Fsp3) is 0.250. The number of anilines is 2. The Morgan fingerprint density at radius 1 is 1.35 bits per heavy atom. The van der Waals surface area contributed by atoms with Gasteiger partial charge in [-0.2, -0.15) is 5.26 Å². The lowest BCUT2D eigenvalue weighted by Crippen LogP contribution is -2.37. The first-order chi connectivity index (χ1) is 14.8. The minimum absolute atomic E-state index is 0.00242. The number of amides is 1. The van der Waals surface area contributed by atoms with E-state index >= 15 is 0 Å². The summed E-state index contributed by atoms with van der Waals surface area (Å²) in [6.07, 6.45) is 0. The highest BCUT2D eigenvalue weighted by Crippen LogP contribution is 2.43. The third-order valence-corrected chi connectivity index (χ3v) is 5.14. The summed E-state index contributed by atoms with van der Waals surface area (Å²) < 4.78 is 10.9. The number of ether oxygens (including phenoxy) is 1. The summed E-state index contributed by atoms with van der Waals surface area (Å²) in [5, 5.41) is 20.0. The first-order valence-electron chi connectivity index (χ1n) is 9.23. The molecule has 1 amide bonds. The quantitative estimate of drug-likeness (QED) is 0.608. The number of nitrogens with one attached hydrogen (secondary N) is 1. The summed E-state index contributed by atoms with van der Waals surface area (Å²) in [5.41, 5.74) is 7.76. The Hall–Kier alpha value is -3.65. The molecule has 0 radical (unpaired) electrons. The minimum atomic E-state index is -0.752. The second kappa shape index (κ2) is 9.01. The largest absolute Gasteiger partial charge is 0.463 e. The van der Waals surface area contributed by atoms with Crippen molar-refractivity contribution < 1.29 is 19.0 Å². The van der Waals surface area contributed by atoms with Crippen LogP contribution in [0.3, 0.4) is 0 Å². The Labute approximate surface area is 186 Å². The molecule has 10 nitrogen and oxygen atoms in total. The van der Waals surface area contributed by atoms with Crippen molar-refractivity contribution >= 4 is 39.4 Å². The third kappa shape index (κ3) is 4.15. The molecule has 31 heavy (non-hydrogen) atoms. The number of hydrogen-bond donors (Lipinski definition) is 2. The molecule has 0 unspecified atom stereocenters. The molecule has 3 rings (SSSR count). The Bertz CT molecular complexity index is 1130. The van der Waals surface area contributed by atoms with Crippen molar-refractivity contribution in [2.75, 3.05) is 16.8 Å². The summed E-state index contributed by atoms with van der Waals surface area (Å²) in [4.78, 5) is 25.9. The average molecular weight is 487 g/mol. The molecule has 2 heterocycles. The van der Waals surface area contributed by atoms with E-state index in [0.29, 0.717) is 11.3 Å². The van der Waals surface area contributed by atoms with Crippen LogP contribution in [-0.4, -0.2) is 28.8 Å². The molecule has 0 fully saturated rings. The fourth-order valence-corrected chi connectivity index (χ4v) is 3.62. The van der Waals surface area contributed by atoms with Crippen LogP contribution in [0.2, 0.25) is 0 Å². The second-order valence-corrected chi connectivity index (χ2v) is 7.48. The number of carbonyl (C=O) groups excluding carboxylic acids is 2. The van der Waals surface area contributed by atoms with Crippen LogP contribution >= 0.6 is 15.9 Å². The van der Waals surface area contributed by atoms with Crippen LogP contribution in [0, 0.1) is 11.3 Å². The molecule has 2 aromatic rings. The van der Waals surface area contributed by atoms with Gasteiger partial charge in [0.05, 0.1) is 29.7 Å². The van der Waals surface area contributed by atoms with Crippen molar-refractivity contribution in [3.8, 4) is 6.07 Å². The zero-order valence-corrected chi connectivity index (χ0v) is 18.6. The molecule has 0 spiro atoms. The van der Waals surface area contributed by atoms with Gasteiger partial charge in [0.1, 0.15) is 5.82 Å². The maximum Gasteiger partial charge on any atom is 0.336 e. The maximum atomic E-state index is 13.0. The van der Waals surface area contributed by atoms with E-state index in [1.165, 1.54) is 11.8 Å². The van der Waals surface area contributed by atoms with Gasteiger partial charge in [-0.05, 0) is 41.9 Å². The zero-order valence-electron chi connectivity index (χ0n) is 17.0. The maximum absolute atomic E-state index is 13.0. The highest BCUT2D eigenvalue weighted by molar-refractivity contribution is 9.10. The normalized spacial score (nSPS) is 16.2. The molecule has 11 heteroatoms. The molecule has 1 atom stereocenters. The number of aromatic nitrogens is 2. The SMILES string of the molecule is CCOC(=O)C1=C(C)N(c2nonc2NC(C)=O)C(N)=C(C#N)[C@H]1c1ccc(Br)cc1. The molecule has 1 aliphatic heterocycles. The van der Waals surface area contributed by atoms with Gasteiger partial charge in [0.2, 0.25) is 17.5 Å². The van der Waals surface area contributed by atoms with E-state index < -0.39 is 17.8 Å². The van der Waals surface area contributed by atoms with Crippen LogP contribution in [0.1, 0.15) is 32.3 Å². The predicted molar refractivity (Wildman–Crippen MR) is 114 cm³/mol. The first-order valence-corrected chi connectivity index (χ1v) is 10.0. The molecule has 1 aromatic carbocycles. The molecule has 0 aliphatic carbocycles. The Balaban J connectivity index is 2.25. The highest BCUT2D eigenvalue weighted by atomic mass is 79.9. The van der Waals surface area contributed by atoms with E-state index in [1.807, 2.05) is 0 Å². The molecule has 1 aliphatic rings. The zero-order chi connectivity index (χ0) is 22.7. The minimum Gasteiger partial charge on any atom is -0.463 e. The molecule has 160 valence electrons. The number of allylic oxidation sites excluding steroid dienone is 2. The summed E-state index contributed by atoms with van der Waals surface area (Å²) in [5.74, 6) is -1.69. The van der Waals surface area contributed by atoms with Crippen molar-refractivity contribution in [2.45, 2.75) is 26.7 Å². The number of carbonyl (C=O) groups is 2. The van der Waals surface area contributed by atoms with Gasteiger partial charge in [-0.15, -0.1) is 0 Å². The van der Waals surface area contributed by atoms with Gasteiger partial charge >= 0.3 is 5.97 Å². The number of benzene rings is 1. The molecule has 3 N–H and O–H groups in total. The second-order valence-electron chi connectivity index (χ2n) is 6.57. The molecular formula is C20H19BrN6O4. The first kappa shape index (κ1) is 22.0. The lowest BCUT2D eigenvalue weighted by Gasteiger charge is -2.34. The van der Waals surface area contributed by atoms with Gasteiger partial charge in [0.25, 0.3) is 0 Å². The summed E-state index contributed by atoms with van der Waals surface area (Å²) in [6.45, 7) is 4.78. The van der Waals surface area contributed by atoms with E-state index in [4.69, 9.17) is 15.1 Å². The van der Waals surface area contributed by atoms with Gasteiger partial charge < -0.3 is 15.8 Å².